The first kappa shape index (κ1) is 21.0. The lowest BCUT2D eigenvalue weighted by Crippen LogP contribution is -2.39. The number of ether oxygens (including phenoxy) is 1. The fourth-order valence-electron chi connectivity index (χ4n) is 4.24. The Morgan fingerprint density at radius 1 is 1.25 bits per heavy atom. The van der Waals surface area contributed by atoms with Gasteiger partial charge in [-0.05, 0) is 50.5 Å². The molecule has 1 atom stereocenters. The van der Waals surface area contributed by atoms with Crippen molar-refractivity contribution in [1.82, 2.24) is 9.97 Å². The van der Waals surface area contributed by atoms with E-state index < -0.39 is 11.9 Å². The molecule has 0 saturated carbocycles. The van der Waals surface area contributed by atoms with Gasteiger partial charge in [-0.25, -0.2) is 9.18 Å². The standard InChI is InChI=1S/C23H19Cl2FN4O2/c1-11-20(25)14-10-30(23(31)29-21(14)12(2)28-11)17-9-19-13(8-15(17)24)5-6-18(32-19)22-16(26)4-3-7-27-22/h3-4,7-9,18H,5-6,10H2,1-2H3,(H,29,31). The fourth-order valence-corrected chi connectivity index (χ4v) is 4.72. The van der Waals surface area contributed by atoms with Crippen molar-refractivity contribution in [2.24, 2.45) is 0 Å². The summed E-state index contributed by atoms with van der Waals surface area (Å²) in [6, 6.07) is 6.10. The number of halogens is 3. The van der Waals surface area contributed by atoms with E-state index in [1.54, 1.807) is 24.4 Å². The van der Waals surface area contributed by atoms with Gasteiger partial charge in [-0.3, -0.25) is 14.9 Å². The van der Waals surface area contributed by atoms with Crippen molar-refractivity contribution in [3.05, 3.63) is 74.5 Å². The number of hydrogen-bond acceptors (Lipinski definition) is 4. The number of carbonyl (C=O) groups excluding carboxylic acids is 1. The van der Waals surface area contributed by atoms with E-state index in [9.17, 15) is 9.18 Å². The predicted molar refractivity (Wildman–Crippen MR) is 121 cm³/mol. The van der Waals surface area contributed by atoms with E-state index in [4.69, 9.17) is 27.9 Å². The van der Waals surface area contributed by atoms with Crippen LogP contribution in [0.5, 0.6) is 5.75 Å². The molecule has 5 rings (SSSR count). The molecule has 2 aromatic heterocycles. The molecular weight excluding hydrogens is 454 g/mol. The molecule has 2 aliphatic heterocycles. The van der Waals surface area contributed by atoms with Gasteiger partial charge in [-0.2, -0.15) is 0 Å². The summed E-state index contributed by atoms with van der Waals surface area (Å²) < 4.78 is 20.3. The number of urea groups is 1. The molecule has 32 heavy (non-hydrogen) atoms. The first-order chi connectivity index (χ1) is 15.3. The number of aromatic nitrogens is 2. The van der Waals surface area contributed by atoms with Gasteiger partial charge in [0.15, 0.2) is 0 Å². The lowest BCUT2D eigenvalue weighted by atomic mass is 9.99. The molecule has 0 spiro atoms. The normalized spacial score (nSPS) is 17.3. The summed E-state index contributed by atoms with van der Waals surface area (Å²) in [4.78, 5) is 23.0. The van der Waals surface area contributed by atoms with Crippen LogP contribution >= 0.6 is 23.2 Å². The van der Waals surface area contributed by atoms with Crippen LogP contribution in [0.25, 0.3) is 0 Å². The molecular formula is C23H19Cl2FN4O2. The fraction of sp³-hybridized carbons (Fsp3) is 0.261. The minimum atomic E-state index is -0.514. The summed E-state index contributed by atoms with van der Waals surface area (Å²) >= 11 is 13.1. The van der Waals surface area contributed by atoms with Crippen molar-refractivity contribution in [2.45, 2.75) is 39.3 Å². The second-order valence-corrected chi connectivity index (χ2v) is 8.68. The Hall–Kier alpha value is -2.90. The Labute approximate surface area is 194 Å². The predicted octanol–water partition coefficient (Wildman–Crippen LogP) is 6.16. The van der Waals surface area contributed by atoms with Gasteiger partial charge in [-0.1, -0.05) is 23.2 Å². The molecule has 0 bridgehead atoms. The number of nitrogens with zero attached hydrogens (tertiary/aromatic N) is 3. The summed E-state index contributed by atoms with van der Waals surface area (Å²) in [5, 5.41) is 3.80. The highest BCUT2D eigenvalue weighted by atomic mass is 35.5. The highest BCUT2D eigenvalue weighted by molar-refractivity contribution is 6.34. The maximum Gasteiger partial charge on any atom is 0.326 e. The lowest BCUT2D eigenvalue weighted by molar-refractivity contribution is 0.167. The van der Waals surface area contributed by atoms with Crippen LogP contribution in [0, 0.1) is 19.7 Å². The van der Waals surface area contributed by atoms with Crippen molar-refractivity contribution < 1.29 is 13.9 Å². The summed E-state index contributed by atoms with van der Waals surface area (Å²) in [6.45, 7) is 3.89. The largest absolute Gasteiger partial charge is 0.484 e. The van der Waals surface area contributed by atoms with Crippen LogP contribution in [0.1, 0.15) is 40.7 Å². The zero-order valence-electron chi connectivity index (χ0n) is 17.4. The maximum absolute atomic E-state index is 14.2. The van der Waals surface area contributed by atoms with E-state index in [0.29, 0.717) is 51.4 Å². The number of aryl methyl sites for hydroxylation is 3. The third kappa shape index (κ3) is 3.45. The molecule has 1 aromatic carbocycles. The van der Waals surface area contributed by atoms with Gasteiger partial charge in [0.25, 0.3) is 0 Å². The van der Waals surface area contributed by atoms with Gasteiger partial charge >= 0.3 is 6.03 Å². The SMILES string of the molecule is Cc1nc(C)c2c(c1Cl)CN(c1cc3c(cc1Cl)CCC(c1ncccc1F)O3)C(=O)N2. The quantitative estimate of drug-likeness (QED) is 0.484. The molecule has 164 valence electrons. The number of anilines is 2. The molecule has 9 heteroatoms. The maximum atomic E-state index is 14.2. The Morgan fingerprint density at radius 3 is 2.84 bits per heavy atom. The van der Waals surface area contributed by atoms with Crippen molar-refractivity contribution in [3.63, 3.8) is 0 Å². The highest BCUT2D eigenvalue weighted by Gasteiger charge is 2.32. The van der Waals surface area contributed by atoms with Crippen LogP contribution in [0.2, 0.25) is 10.0 Å². The average Bonchev–Trinajstić information content (AvgIpc) is 2.77. The van der Waals surface area contributed by atoms with E-state index >= 15 is 0 Å². The summed E-state index contributed by atoms with van der Waals surface area (Å²) in [5.41, 5.74) is 4.45. The third-order valence-electron chi connectivity index (χ3n) is 5.83. The number of fused-ring (bicyclic) bond motifs is 2. The van der Waals surface area contributed by atoms with Crippen molar-refractivity contribution in [1.29, 1.82) is 0 Å². The molecule has 4 heterocycles. The van der Waals surface area contributed by atoms with Gasteiger partial charge in [0.1, 0.15) is 23.4 Å². The summed E-state index contributed by atoms with van der Waals surface area (Å²) in [5.74, 6) is 0.147. The van der Waals surface area contributed by atoms with Gasteiger partial charge in [0.05, 0.1) is 39.4 Å². The van der Waals surface area contributed by atoms with E-state index in [1.165, 1.54) is 11.0 Å². The number of benzene rings is 1. The molecule has 6 nitrogen and oxygen atoms in total. The Bertz CT molecular complexity index is 1270. The van der Waals surface area contributed by atoms with Gasteiger partial charge in [0.2, 0.25) is 0 Å². The molecule has 2 amide bonds. The van der Waals surface area contributed by atoms with Crippen LogP contribution in [0.4, 0.5) is 20.6 Å². The highest BCUT2D eigenvalue weighted by Crippen LogP contribution is 2.43. The number of carbonyl (C=O) groups is 1. The van der Waals surface area contributed by atoms with E-state index in [0.717, 1.165) is 11.1 Å². The molecule has 2 aliphatic rings. The summed E-state index contributed by atoms with van der Waals surface area (Å²) in [7, 11) is 0. The van der Waals surface area contributed by atoms with Gasteiger partial charge < -0.3 is 10.1 Å². The Kier molecular flexibility index (Phi) is 5.18. The van der Waals surface area contributed by atoms with Gasteiger partial charge in [0, 0.05) is 17.8 Å². The molecule has 0 fully saturated rings. The monoisotopic (exact) mass is 472 g/mol. The molecule has 0 aliphatic carbocycles. The lowest BCUT2D eigenvalue weighted by Gasteiger charge is -2.33. The van der Waals surface area contributed by atoms with Crippen LogP contribution in [0.15, 0.2) is 30.5 Å². The van der Waals surface area contributed by atoms with Crippen molar-refractivity contribution in [2.75, 3.05) is 10.2 Å². The topological polar surface area (TPSA) is 67.3 Å². The average molecular weight is 473 g/mol. The summed E-state index contributed by atoms with van der Waals surface area (Å²) in [6.07, 6.45) is 2.26. The van der Waals surface area contributed by atoms with Crippen LogP contribution in [-0.4, -0.2) is 16.0 Å². The van der Waals surface area contributed by atoms with Crippen molar-refractivity contribution >= 4 is 40.6 Å². The number of pyridine rings is 2. The second kappa shape index (κ2) is 7.90. The minimum absolute atomic E-state index is 0.237. The number of hydrogen-bond donors (Lipinski definition) is 1. The molecule has 3 aromatic rings. The molecule has 1 unspecified atom stereocenters. The smallest absolute Gasteiger partial charge is 0.326 e. The van der Waals surface area contributed by atoms with Gasteiger partial charge in [-0.15, -0.1) is 0 Å². The Morgan fingerprint density at radius 2 is 2.06 bits per heavy atom. The zero-order valence-corrected chi connectivity index (χ0v) is 18.9. The van der Waals surface area contributed by atoms with Crippen LogP contribution < -0.4 is 15.0 Å². The minimum Gasteiger partial charge on any atom is -0.484 e. The number of amides is 2. The first-order valence-electron chi connectivity index (χ1n) is 10.2. The second-order valence-electron chi connectivity index (χ2n) is 7.89. The van der Waals surface area contributed by atoms with E-state index in [-0.39, 0.29) is 18.3 Å². The third-order valence-corrected chi connectivity index (χ3v) is 6.64. The Balaban J connectivity index is 1.51. The van der Waals surface area contributed by atoms with Crippen LogP contribution in [0.3, 0.4) is 0 Å². The molecule has 1 N–H and O–H groups in total. The van der Waals surface area contributed by atoms with Crippen LogP contribution in [-0.2, 0) is 13.0 Å². The van der Waals surface area contributed by atoms with Crippen molar-refractivity contribution in [3.8, 4) is 5.75 Å². The van der Waals surface area contributed by atoms with E-state index in [1.807, 2.05) is 13.8 Å². The zero-order chi connectivity index (χ0) is 22.6. The number of nitrogens with one attached hydrogen (secondary N) is 1. The number of rotatable bonds is 2. The first-order valence-corrected chi connectivity index (χ1v) is 10.9. The molecule has 0 radical (unpaired) electrons. The van der Waals surface area contributed by atoms with E-state index in [2.05, 4.69) is 15.3 Å². The molecule has 0 saturated heterocycles.